The molecule has 0 spiro atoms. The van der Waals surface area contributed by atoms with Crippen LogP contribution in [0.3, 0.4) is 0 Å². The summed E-state index contributed by atoms with van der Waals surface area (Å²) in [6, 6.07) is 6.37. The summed E-state index contributed by atoms with van der Waals surface area (Å²) in [5.41, 5.74) is 0. The Morgan fingerprint density at radius 1 is 1.50 bits per heavy atom. The summed E-state index contributed by atoms with van der Waals surface area (Å²) in [7, 11) is 0. The molecule has 0 saturated heterocycles. The average molecular weight is 184 g/mol. The smallest absolute Gasteiger partial charge is 0.124 e. The van der Waals surface area contributed by atoms with E-state index in [1.807, 2.05) is 6.07 Å². The van der Waals surface area contributed by atoms with E-state index in [-0.39, 0.29) is 5.82 Å². The van der Waals surface area contributed by atoms with Gasteiger partial charge in [-0.1, -0.05) is 6.07 Å². The maximum absolute atomic E-state index is 12.6. The third-order valence-corrected chi connectivity index (χ3v) is 2.33. The van der Waals surface area contributed by atoms with Crippen molar-refractivity contribution in [1.82, 2.24) is 0 Å². The van der Waals surface area contributed by atoms with Gasteiger partial charge in [-0.3, -0.25) is 0 Å². The number of hydrogen-bond donors (Lipinski definition) is 0. The van der Waals surface area contributed by atoms with E-state index < -0.39 is 0 Å². The molecule has 1 nitrogen and oxygen atoms in total. The van der Waals surface area contributed by atoms with Gasteiger partial charge in [0.2, 0.25) is 0 Å². The predicted molar refractivity (Wildman–Crippen MR) is 47.8 cm³/mol. The second kappa shape index (κ2) is 4.93. The van der Waals surface area contributed by atoms with E-state index in [1.54, 1.807) is 6.07 Å². The Morgan fingerprint density at radius 3 is 3.00 bits per heavy atom. The highest BCUT2D eigenvalue weighted by atomic mass is 32.2. The molecule has 0 amide bonds. The zero-order valence-corrected chi connectivity index (χ0v) is 7.31. The van der Waals surface area contributed by atoms with Crippen molar-refractivity contribution in [3.8, 4) is 0 Å². The van der Waals surface area contributed by atoms with Gasteiger partial charge in [0, 0.05) is 17.1 Å². The van der Waals surface area contributed by atoms with E-state index in [4.69, 9.17) is 0 Å². The quantitative estimate of drug-likeness (QED) is 0.406. The molecule has 0 bridgehead atoms. The van der Waals surface area contributed by atoms with Crippen molar-refractivity contribution in [2.75, 3.05) is 5.75 Å². The van der Waals surface area contributed by atoms with Gasteiger partial charge in [0.1, 0.15) is 12.1 Å². The molecule has 0 radical (unpaired) electrons. The Kier molecular flexibility index (Phi) is 3.80. The van der Waals surface area contributed by atoms with Crippen LogP contribution in [0.2, 0.25) is 0 Å². The molecular weight excluding hydrogens is 175 g/mol. The fourth-order valence-electron chi connectivity index (χ4n) is 0.782. The molecule has 1 rings (SSSR count). The van der Waals surface area contributed by atoms with E-state index in [2.05, 4.69) is 0 Å². The number of hydrogen-bond acceptors (Lipinski definition) is 2. The number of thioether (sulfide) groups is 1. The fourth-order valence-corrected chi connectivity index (χ4v) is 1.60. The van der Waals surface area contributed by atoms with Crippen molar-refractivity contribution < 1.29 is 9.18 Å². The lowest BCUT2D eigenvalue weighted by Gasteiger charge is -1.97. The third kappa shape index (κ3) is 3.05. The van der Waals surface area contributed by atoms with Gasteiger partial charge < -0.3 is 4.79 Å². The lowest BCUT2D eigenvalue weighted by molar-refractivity contribution is -0.107. The molecule has 3 heteroatoms. The molecule has 0 heterocycles. The van der Waals surface area contributed by atoms with Crippen LogP contribution < -0.4 is 0 Å². The summed E-state index contributed by atoms with van der Waals surface area (Å²) in [5.74, 6) is 0.485. The van der Waals surface area contributed by atoms with E-state index in [1.165, 1.54) is 23.9 Å². The summed E-state index contributed by atoms with van der Waals surface area (Å²) < 4.78 is 12.6. The van der Waals surface area contributed by atoms with Crippen LogP contribution in [-0.2, 0) is 4.79 Å². The van der Waals surface area contributed by atoms with Crippen LogP contribution in [0.4, 0.5) is 4.39 Å². The van der Waals surface area contributed by atoms with Gasteiger partial charge in [-0.05, 0) is 18.2 Å². The maximum atomic E-state index is 12.6. The van der Waals surface area contributed by atoms with Crippen LogP contribution in [0.15, 0.2) is 29.2 Å². The van der Waals surface area contributed by atoms with Gasteiger partial charge in [0.25, 0.3) is 0 Å². The molecule has 0 saturated carbocycles. The molecule has 1 aromatic rings. The van der Waals surface area contributed by atoms with Gasteiger partial charge in [-0.25, -0.2) is 4.39 Å². The van der Waals surface area contributed by atoms with Crippen molar-refractivity contribution in [3.63, 3.8) is 0 Å². The first kappa shape index (κ1) is 9.26. The van der Waals surface area contributed by atoms with Crippen molar-refractivity contribution in [2.45, 2.75) is 11.3 Å². The Balaban J connectivity index is 2.46. The minimum atomic E-state index is -0.230. The van der Waals surface area contributed by atoms with E-state index in [0.717, 1.165) is 11.2 Å². The molecular formula is C9H9FOS. The lowest BCUT2D eigenvalue weighted by atomic mass is 10.4. The van der Waals surface area contributed by atoms with E-state index in [9.17, 15) is 9.18 Å². The number of aldehydes is 1. The zero-order chi connectivity index (χ0) is 8.81. The number of carbonyl (C=O) groups excluding carboxylic acids is 1. The minimum Gasteiger partial charge on any atom is -0.303 e. The van der Waals surface area contributed by atoms with Gasteiger partial charge in [-0.2, -0.15) is 0 Å². The number of benzene rings is 1. The first-order valence-electron chi connectivity index (χ1n) is 3.65. The normalized spacial score (nSPS) is 9.75. The first-order valence-corrected chi connectivity index (χ1v) is 4.63. The molecule has 0 unspecified atom stereocenters. The van der Waals surface area contributed by atoms with Gasteiger partial charge in [0.05, 0.1) is 0 Å². The van der Waals surface area contributed by atoms with Gasteiger partial charge in [0.15, 0.2) is 0 Å². The Hall–Kier alpha value is -0.830. The summed E-state index contributed by atoms with van der Waals surface area (Å²) in [6.45, 7) is 0. The highest BCUT2D eigenvalue weighted by Crippen LogP contribution is 2.18. The topological polar surface area (TPSA) is 17.1 Å². The molecule has 0 aliphatic heterocycles. The van der Waals surface area contributed by atoms with Crippen molar-refractivity contribution in [2.24, 2.45) is 0 Å². The molecule has 64 valence electrons. The van der Waals surface area contributed by atoms with Crippen molar-refractivity contribution in [1.29, 1.82) is 0 Å². The Morgan fingerprint density at radius 2 is 2.33 bits per heavy atom. The molecule has 0 atom stereocenters. The van der Waals surface area contributed by atoms with Crippen LogP contribution in [0.1, 0.15) is 6.42 Å². The monoisotopic (exact) mass is 184 g/mol. The highest BCUT2D eigenvalue weighted by Gasteiger charge is 1.94. The van der Waals surface area contributed by atoms with Gasteiger partial charge >= 0.3 is 0 Å². The molecule has 0 fully saturated rings. The van der Waals surface area contributed by atoms with Crippen LogP contribution in [0.5, 0.6) is 0 Å². The van der Waals surface area contributed by atoms with Gasteiger partial charge in [-0.15, -0.1) is 11.8 Å². The predicted octanol–water partition coefficient (Wildman–Crippen LogP) is 2.51. The number of halogens is 1. The number of rotatable bonds is 4. The molecule has 0 aliphatic rings. The highest BCUT2D eigenvalue weighted by molar-refractivity contribution is 7.99. The van der Waals surface area contributed by atoms with Crippen LogP contribution >= 0.6 is 11.8 Å². The maximum Gasteiger partial charge on any atom is 0.124 e. The average Bonchev–Trinajstić information content (AvgIpc) is 2.05. The summed E-state index contributed by atoms with van der Waals surface area (Å²) >= 11 is 1.49. The van der Waals surface area contributed by atoms with Crippen molar-refractivity contribution >= 4 is 18.0 Å². The standard InChI is InChI=1S/C9H9FOS/c10-8-3-1-4-9(7-8)12-6-2-5-11/h1,3-5,7H,2,6H2. The van der Waals surface area contributed by atoms with E-state index in [0.29, 0.717) is 12.2 Å². The Labute approximate surface area is 75.0 Å². The van der Waals surface area contributed by atoms with Crippen LogP contribution in [0, 0.1) is 5.82 Å². The minimum absolute atomic E-state index is 0.230. The van der Waals surface area contributed by atoms with Crippen molar-refractivity contribution in [3.05, 3.63) is 30.1 Å². The molecule has 1 aromatic carbocycles. The first-order chi connectivity index (χ1) is 5.83. The zero-order valence-electron chi connectivity index (χ0n) is 6.50. The summed E-state index contributed by atoms with van der Waals surface area (Å²) in [5, 5.41) is 0. The fraction of sp³-hybridized carbons (Fsp3) is 0.222. The summed E-state index contributed by atoms with van der Waals surface area (Å²) in [4.78, 5) is 10.8. The Bertz CT molecular complexity index is 262. The largest absolute Gasteiger partial charge is 0.303 e. The van der Waals surface area contributed by atoms with Crippen LogP contribution in [-0.4, -0.2) is 12.0 Å². The molecule has 12 heavy (non-hydrogen) atoms. The third-order valence-electron chi connectivity index (χ3n) is 1.30. The lowest BCUT2D eigenvalue weighted by Crippen LogP contribution is -1.81. The molecule has 0 aromatic heterocycles. The second-order valence-electron chi connectivity index (χ2n) is 2.26. The van der Waals surface area contributed by atoms with Crippen LogP contribution in [0.25, 0.3) is 0 Å². The van der Waals surface area contributed by atoms with E-state index >= 15 is 0 Å². The molecule has 0 aliphatic carbocycles. The second-order valence-corrected chi connectivity index (χ2v) is 3.43. The summed E-state index contributed by atoms with van der Waals surface area (Å²) in [6.07, 6.45) is 1.38. The molecule has 0 N–H and O–H groups in total. The SMILES string of the molecule is O=CCCSc1cccc(F)c1. The number of carbonyl (C=O) groups is 1.